The Balaban J connectivity index is 1.59. The monoisotopic (exact) mass is 280 g/mol. The van der Waals surface area contributed by atoms with Gasteiger partial charge in [0.2, 0.25) is 0 Å². The number of hydrogen-bond acceptors (Lipinski definition) is 4. The van der Waals surface area contributed by atoms with Crippen LogP contribution in [0.25, 0.3) is 0 Å². The van der Waals surface area contributed by atoms with Crippen molar-refractivity contribution in [2.75, 3.05) is 26.2 Å². The number of nitrogens with zero attached hydrogens (tertiary/aromatic N) is 4. The van der Waals surface area contributed by atoms with E-state index >= 15 is 0 Å². The Hall–Kier alpha value is -0.710. The summed E-state index contributed by atoms with van der Waals surface area (Å²) in [5, 5.41) is 0.554. The summed E-state index contributed by atoms with van der Waals surface area (Å²) >= 11 is 5.99. The summed E-state index contributed by atoms with van der Waals surface area (Å²) in [6.07, 6.45) is 4.01. The molecular weight excluding hydrogens is 260 g/mol. The van der Waals surface area contributed by atoms with Gasteiger partial charge in [-0.2, -0.15) is 0 Å². The Morgan fingerprint density at radius 3 is 2.79 bits per heavy atom. The number of hydrogen-bond donors (Lipinski definition) is 0. The van der Waals surface area contributed by atoms with Crippen LogP contribution in [0.15, 0.2) is 6.07 Å². The Bertz CT molecular complexity index is 425. The van der Waals surface area contributed by atoms with Crippen molar-refractivity contribution < 1.29 is 0 Å². The van der Waals surface area contributed by atoms with Gasteiger partial charge in [-0.05, 0) is 45.3 Å². The first-order valence-corrected chi connectivity index (χ1v) is 7.55. The number of aryl methyl sites for hydroxylation is 1. The fourth-order valence-corrected chi connectivity index (χ4v) is 3.48. The van der Waals surface area contributed by atoms with Crippen LogP contribution < -0.4 is 0 Å². The third-order valence-corrected chi connectivity index (χ3v) is 4.33. The Kier molecular flexibility index (Phi) is 4.01. The molecule has 2 aliphatic heterocycles. The highest BCUT2D eigenvalue weighted by molar-refractivity contribution is 6.29. The van der Waals surface area contributed by atoms with Crippen molar-refractivity contribution in [1.82, 2.24) is 19.8 Å². The van der Waals surface area contributed by atoms with Crippen LogP contribution in [0.3, 0.4) is 0 Å². The van der Waals surface area contributed by atoms with Crippen molar-refractivity contribution >= 4 is 11.6 Å². The van der Waals surface area contributed by atoms with E-state index in [-0.39, 0.29) is 0 Å². The fourth-order valence-electron chi connectivity index (χ4n) is 3.22. The van der Waals surface area contributed by atoms with E-state index in [0.29, 0.717) is 5.15 Å². The average molecular weight is 281 g/mol. The lowest BCUT2D eigenvalue weighted by Gasteiger charge is -2.23. The Morgan fingerprint density at radius 1 is 1.26 bits per heavy atom. The van der Waals surface area contributed by atoms with Gasteiger partial charge in [-0.1, -0.05) is 11.6 Å². The molecule has 104 valence electrons. The van der Waals surface area contributed by atoms with Crippen LogP contribution in [-0.2, 0) is 6.54 Å². The smallest absolute Gasteiger partial charge is 0.144 e. The average Bonchev–Trinajstić information content (AvgIpc) is 2.96. The molecule has 0 saturated carbocycles. The molecule has 3 rings (SSSR count). The summed E-state index contributed by atoms with van der Waals surface area (Å²) in [5.74, 6) is 0.854. The molecule has 0 bridgehead atoms. The molecular formula is C14H21ClN4. The summed E-state index contributed by atoms with van der Waals surface area (Å²) in [6, 6.07) is 2.55. The van der Waals surface area contributed by atoms with Crippen LogP contribution in [0.2, 0.25) is 5.15 Å². The molecule has 1 atom stereocenters. The van der Waals surface area contributed by atoms with Gasteiger partial charge in [0.1, 0.15) is 11.0 Å². The van der Waals surface area contributed by atoms with E-state index in [1.165, 1.54) is 32.4 Å². The molecule has 1 aromatic rings. The van der Waals surface area contributed by atoms with Crippen molar-refractivity contribution in [2.24, 2.45) is 0 Å². The molecule has 0 N–H and O–H groups in total. The minimum absolute atomic E-state index is 0.554. The highest BCUT2D eigenvalue weighted by Crippen LogP contribution is 2.21. The first-order valence-electron chi connectivity index (χ1n) is 7.17. The van der Waals surface area contributed by atoms with Crippen molar-refractivity contribution in [2.45, 2.75) is 38.8 Å². The highest BCUT2D eigenvalue weighted by Gasteiger charge is 2.29. The molecule has 1 unspecified atom stereocenters. The maximum absolute atomic E-state index is 5.99. The van der Waals surface area contributed by atoms with E-state index in [1.54, 1.807) is 0 Å². The fraction of sp³-hybridized carbons (Fsp3) is 0.714. The van der Waals surface area contributed by atoms with E-state index in [2.05, 4.69) is 19.8 Å². The zero-order chi connectivity index (χ0) is 13.2. The lowest BCUT2D eigenvalue weighted by Crippen LogP contribution is -2.35. The second-order valence-corrected chi connectivity index (χ2v) is 6.06. The standard InChI is InChI=1S/C14H21ClN4/c1-11-8-13(15)17-14(16-11)10-18-7-4-12(9-18)19-5-2-3-6-19/h8,12H,2-7,9-10H2,1H3. The predicted octanol–water partition coefficient (Wildman–Crippen LogP) is 2.11. The number of aromatic nitrogens is 2. The molecule has 19 heavy (non-hydrogen) atoms. The first kappa shape index (κ1) is 13.3. The van der Waals surface area contributed by atoms with Gasteiger partial charge < -0.3 is 0 Å². The minimum atomic E-state index is 0.554. The molecule has 3 heterocycles. The number of halogens is 1. The topological polar surface area (TPSA) is 32.3 Å². The van der Waals surface area contributed by atoms with Crippen LogP contribution in [0.4, 0.5) is 0 Å². The Morgan fingerprint density at radius 2 is 2.05 bits per heavy atom. The van der Waals surface area contributed by atoms with Crippen LogP contribution in [0.5, 0.6) is 0 Å². The van der Waals surface area contributed by atoms with Crippen molar-refractivity contribution in [3.8, 4) is 0 Å². The van der Waals surface area contributed by atoms with Gasteiger partial charge in [0.25, 0.3) is 0 Å². The molecule has 2 aliphatic rings. The molecule has 2 fully saturated rings. The third kappa shape index (κ3) is 3.25. The summed E-state index contributed by atoms with van der Waals surface area (Å²) in [6.45, 7) is 7.65. The molecule has 0 radical (unpaired) electrons. The maximum atomic E-state index is 5.99. The number of rotatable bonds is 3. The zero-order valence-corrected chi connectivity index (χ0v) is 12.2. The highest BCUT2D eigenvalue weighted by atomic mass is 35.5. The molecule has 0 amide bonds. The molecule has 5 heteroatoms. The first-order chi connectivity index (χ1) is 9.20. The molecule has 1 aromatic heterocycles. The second-order valence-electron chi connectivity index (χ2n) is 5.67. The molecule has 2 saturated heterocycles. The van der Waals surface area contributed by atoms with Gasteiger partial charge in [-0.3, -0.25) is 9.80 Å². The van der Waals surface area contributed by atoms with Crippen molar-refractivity contribution in [3.05, 3.63) is 22.7 Å². The lowest BCUT2D eigenvalue weighted by molar-refractivity contribution is 0.228. The Labute approximate surface area is 119 Å². The van der Waals surface area contributed by atoms with Crippen molar-refractivity contribution in [1.29, 1.82) is 0 Å². The van der Waals surface area contributed by atoms with Crippen LogP contribution in [-0.4, -0.2) is 52.0 Å². The van der Waals surface area contributed by atoms with Crippen LogP contribution >= 0.6 is 11.6 Å². The SMILES string of the molecule is Cc1cc(Cl)nc(CN2CCC(N3CCCC3)C2)n1. The molecule has 0 aromatic carbocycles. The largest absolute Gasteiger partial charge is 0.299 e. The van der Waals surface area contributed by atoms with Gasteiger partial charge in [0, 0.05) is 24.8 Å². The summed E-state index contributed by atoms with van der Waals surface area (Å²) < 4.78 is 0. The maximum Gasteiger partial charge on any atom is 0.144 e. The third-order valence-electron chi connectivity index (χ3n) is 4.14. The van der Waals surface area contributed by atoms with Gasteiger partial charge in [0.15, 0.2) is 0 Å². The van der Waals surface area contributed by atoms with Crippen LogP contribution in [0, 0.1) is 6.92 Å². The van der Waals surface area contributed by atoms with E-state index in [9.17, 15) is 0 Å². The molecule has 0 spiro atoms. The predicted molar refractivity (Wildman–Crippen MR) is 76.3 cm³/mol. The van der Waals surface area contributed by atoms with Gasteiger partial charge >= 0.3 is 0 Å². The molecule has 0 aliphatic carbocycles. The van der Waals surface area contributed by atoms with Gasteiger partial charge in [-0.15, -0.1) is 0 Å². The summed E-state index contributed by atoms with van der Waals surface area (Å²) in [5.41, 5.74) is 0.949. The van der Waals surface area contributed by atoms with Gasteiger partial charge in [0.05, 0.1) is 6.54 Å². The van der Waals surface area contributed by atoms with E-state index in [4.69, 9.17) is 11.6 Å². The van der Waals surface area contributed by atoms with E-state index in [0.717, 1.165) is 37.2 Å². The minimum Gasteiger partial charge on any atom is -0.299 e. The number of likely N-dealkylation sites (tertiary alicyclic amines) is 2. The normalized spacial score (nSPS) is 25.3. The molecule has 4 nitrogen and oxygen atoms in total. The van der Waals surface area contributed by atoms with Crippen LogP contribution in [0.1, 0.15) is 30.8 Å². The van der Waals surface area contributed by atoms with E-state index < -0.39 is 0 Å². The van der Waals surface area contributed by atoms with Gasteiger partial charge in [-0.25, -0.2) is 9.97 Å². The lowest BCUT2D eigenvalue weighted by atomic mass is 10.2. The quantitative estimate of drug-likeness (QED) is 0.794. The van der Waals surface area contributed by atoms with Crippen molar-refractivity contribution in [3.63, 3.8) is 0 Å². The summed E-state index contributed by atoms with van der Waals surface area (Å²) in [7, 11) is 0. The second kappa shape index (κ2) is 5.73. The van der Waals surface area contributed by atoms with E-state index in [1.807, 2.05) is 13.0 Å². The summed E-state index contributed by atoms with van der Waals surface area (Å²) in [4.78, 5) is 13.9. The zero-order valence-electron chi connectivity index (χ0n) is 11.5.